The van der Waals surface area contributed by atoms with Gasteiger partial charge >= 0.3 is 6.03 Å². The van der Waals surface area contributed by atoms with Crippen molar-refractivity contribution in [2.45, 2.75) is 24.9 Å². The second kappa shape index (κ2) is 11.2. The summed E-state index contributed by atoms with van der Waals surface area (Å²) in [6.07, 6.45) is 5.42. The SMILES string of the molecule is Cl.O=C(Nc1ccncc1)Nc1ccc(-c2nc(N3CCOCC3)nc(N3C4CCC3COC4)n2)cc1. The van der Waals surface area contributed by atoms with E-state index in [1.807, 2.05) is 24.3 Å². The Morgan fingerprint density at radius 2 is 1.43 bits per heavy atom. The molecule has 3 aromatic rings. The van der Waals surface area contributed by atoms with Gasteiger partial charge in [-0.15, -0.1) is 12.4 Å². The van der Waals surface area contributed by atoms with Gasteiger partial charge in [-0.1, -0.05) is 0 Å². The third-order valence-electron chi connectivity index (χ3n) is 6.72. The van der Waals surface area contributed by atoms with Gasteiger partial charge in [-0.05, 0) is 49.2 Å². The summed E-state index contributed by atoms with van der Waals surface area (Å²) in [7, 11) is 0. The van der Waals surface area contributed by atoms with E-state index in [0.29, 0.717) is 67.6 Å². The molecule has 3 aliphatic heterocycles. The lowest BCUT2D eigenvalue weighted by molar-refractivity contribution is 0.0897. The Hall–Kier alpha value is -3.54. The van der Waals surface area contributed by atoms with Crippen LogP contribution in [0.3, 0.4) is 0 Å². The number of ether oxygens (including phenoxy) is 2. The van der Waals surface area contributed by atoms with Crippen LogP contribution in [0.1, 0.15) is 12.8 Å². The number of hydrogen-bond acceptors (Lipinski definition) is 9. The molecule has 0 spiro atoms. The third kappa shape index (κ3) is 5.58. The molecule has 2 atom stereocenters. The molecule has 2 unspecified atom stereocenters. The van der Waals surface area contributed by atoms with E-state index >= 15 is 0 Å². The van der Waals surface area contributed by atoms with Gasteiger partial charge in [0.25, 0.3) is 0 Å². The minimum Gasteiger partial charge on any atom is -0.378 e. The zero-order valence-corrected chi connectivity index (χ0v) is 21.1. The molecule has 2 N–H and O–H groups in total. The molecule has 3 fully saturated rings. The normalized spacial score (nSPS) is 20.8. The Kier molecular flexibility index (Phi) is 7.63. The monoisotopic (exact) mass is 524 g/mol. The van der Waals surface area contributed by atoms with Crippen molar-refractivity contribution < 1.29 is 14.3 Å². The first-order valence-corrected chi connectivity index (χ1v) is 12.3. The van der Waals surface area contributed by atoms with Crippen LogP contribution in [0, 0.1) is 0 Å². The smallest absolute Gasteiger partial charge is 0.323 e. The maximum Gasteiger partial charge on any atom is 0.323 e. The highest BCUT2D eigenvalue weighted by molar-refractivity contribution is 5.99. The summed E-state index contributed by atoms with van der Waals surface area (Å²) < 4.78 is 11.3. The fraction of sp³-hybridized carbons (Fsp3) is 0.400. The molecule has 2 bridgehead atoms. The van der Waals surface area contributed by atoms with Crippen molar-refractivity contribution in [3.05, 3.63) is 48.8 Å². The van der Waals surface area contributed by atoms with Gasteiger partial charge in [-0.3, -0.25) is 4.98 Å². The van der Waals surface area contributed by atoms with Crippen LogP contribution < -0.4 is 20.4 Å². The number of nitrogens with one attached hydrogen (secondary N) is 2. The molecule has 5 heterocycles. The lowest BCUT2D eigenvalue weighted by Gasteiger charge is -2.35. The summed E-state index contributed by atoms with van der Waals surface area (Å²) in [4.78, 5) is 35.4. The van der Waals surface area contributed by atoms with Crippen LogP contribution in [0.5, 0.6) is 0 Å². The molecule has 6 rings (SSSR count). The number of pyridine rings is 1. The predicted molar refractivity (Wildman–Crippen MR) is 143 cm³/mol. The number of benzene rings is 1. The number of amides is 2. The largest absolute Gasteiger partial charge is 0.378 e. The highest BCUT2D eigenvalue weighted by Gasteiger charge is 2.39. The number of halogens is 1. The van der Waals surface area contributed by atoms with Crippen molar-refractivity contribution in [3.8, 4) is 11.4 Å². The van der Waals surface area contributed by atoms with Crippen LogP contribution in [0.2, 0.25) is 0 Å². The molecule has 1 aromatic carbocycles. The average molecular weight is 525 g/mol. The lowest BCUT2D eigenvalue weighted by atomic mass is 10.2. The van der Waals surface area contributed by atoms with Gasteiger partial charge in [0.15, 0.2) is 5.82 Å². The number of hydrogen-bond donors (Lipinski definition) is 2. The zero-order chi connectivity index (χ0) is 24.3. The molecule has 0 aliphatic carbocycles. The summed E-state index contributed by atoms with van der Waals surface area (Å²) in [5, 5.41) is 5.63. The molecule has 0 radical (unpaired) electrons. The van der Waals surface area contributed by atoms with E-state index < -0.39 is 0 Å². The van der Waals surface area contributed by atoms with Crippen LogP contribution in [0.25, 0.3) is 11.4 Å². The summed E-state index contributed by atoms with van der Waals surface area (Å²) in [5.74, 6) is 1.99. The van der Waals surface area contributed by atoms with Crippen LogP contribution in [0.15, 0.2) is 48.8 Å². The molecule has 2 amide bonds. The van der Waals surface area contributed by atoms with Crippen LogP contribution >= 0.6 is 12.4 Å². The highest BCUT2D eigenvalue weighted by Crippen LogP contribution is 2.33. The van der Waals surface area contributed by atoms with E-state index in [-0.39, 0.29) is 18.4 Å². The third-order valence-corrected chi connectivity index (χ3v) is 6.72. The van der Waals surface area contributed by atoms with Gasteiger partial charge in [0, 0.05) is 42.4 Å². The molecule has 3 aliphatic rings. The number of anilines is 4. The van der Waals surface area contributed by atoms with E-state index in [1.165, 1.54) is 0 Å². The van der Waals surface area contributed by atoms with Gasteiger partial charge in [-0.25, -0.2) is 4.79 Å². The molecular weight excluding hydrogens is 496 g/mol. The van der Waals surface area contributed by atoms with E-state index in [9.17, 15) is 4.79 Å². The Morgan fingerprint density at radius 3 is 2.11 bits per heavy atom. The number of urea groups is 1. The Labute approximate surface area is 221 Å². The summed E-state index contributed by atoms with van der Waals surface area (Å²) in [6.45, 7) is 4.20. The standard InChI is InChI=1S/C25H28N8O3.ClH/c34-25(28-19-7-9-26-10-8-19)27-18-3-1-17(2-4-18)22-29-23(32-11-13-35-14-12-32)31-24(30-22)33-20-5-6-21(33)16-36-15-20;/h1-4,7-10,20-21H,5-6,11-16H2,(H2,26,27,28,34);1H. The molecule has 2 aromatic heterocycles. The molecule has 11 nitrogen and oxygen atoms in total. The summed E-state index contributed by atoms with van der Waals surface area (Å²) >= 11 is 0. The topological polar surface area (TPSA) is 118 Å². The highest BCUT2D eigenvalue weighted by atomic mass is 35.5. The molecule has 194 valence electrons. The quantitative estimate of drug-likeness (QED) is 0.518. The minimum absolute atomic E-state index is 0. The maximum atomic E-state index is 12.3. The van der Waals surface area contributed by atoms with Gasteiger partial charge in [-0.2, -0.15) is 15.0 Å². The lowest BCUT2D eigenvalue weighted by Crippen LogP contribution is -2.47. The van der Waals surface area contributed by atoms with Crippen molar-refractivity contribution >= 4 is 41.7 Å². The second-order valence-electron chi connectivity index (χ2n) is 9.08. The number of carbonyl (C=O) groups excluding carboxylic acids is 1. The first-order valence-electron chi connectivity index (χ1n) is 12.3. The Balaban J connectivity index is 0.00000280. The van der Waals surface area contributed by atoms with E-state index in [2.05, 4.69) is 25.4 Å². The number of aromatic nitrogens is 4. The number of carbonyl (C=O) groups is 1. The van der Waals surface area contributed by atoms with Crippen LogP contribution in [-0.2, 0) is 9.47 Å². The Bertz CT molecular complexity index is 1190. The summed E-state index contributed by atoms with van der Waals surface area (Å²) in [6, 6.07) is 11.2. The zero-order valence-electron chi connectivity index (χ0n) is 20.2. The van der Waals surface area contributed by atoms with Crippen molar-refractivity contribution in [1.29, 1.82) is 0 Å². The number of rotatable bonds is 5. The van der Waals surface area contributed by atoms with E-state index in [1.54, 1.807) is 24.5 Å². The number of morpholine rings is 2. The van der Waals surface area contributed by atoms with Crippen molar-refractivity contribution in [2.75, 3.05) is 60.0 Å². The fourth-order valence-electron chi connectivity index (χ4n) is 4.89. The molecule has 12 heteroatoms. The van der Waals surface area contributed by atoms with Crippen LogP contribution in [0.4, 0.5) is 28.1 Å². The van der Waals surface area contributed by atoms with Crippen molar-refractivity contribution in [1.82, 2.24) is 19.9 Å². The van der Waals surface area contributed by atoms with E-state index in [4.69, 9.17) is 24.4 Å². The molecule has 37 heavy (non-hydrogen) atoms. The second-order valence-corrected chi connectivity index (χ2v) is 9.08. The van der Waals surface area contributed by atoms with Crippen molar-refractivity contribution in [3.63, 3.8) is 0 Å². The van der Waals surface area contributed by atoms with E-state index in [0.717, 1.165) is 31.5 Å². The van der Waals surface area contributed by atoms with Gasteiger partial charge in [0.2, 0.25) is 11.9 Å². The Morgan fingerprint density at radius 1 is 0.811 bits per heavy atom. The fourth-order valence-corrected chi connectivity index (χ4v) is 4.89. The maximum absolute atomic E-state index is 12.3. The summed E-state index contributed by atoms with van der Waals surface area (Å²) in [5.41, 5.74) is 2.19. The first-order chi connectivity index (χ1) is 17.7. The number of nitrogens with zero attached hydrogens (tertiary/aromatic N) is 6. The number of fused-ring (bicyclic) bond motifs is 2. The molecular formula is C25H29ClN8O3. The molecule has 0 saturated carbocycles. The van der Waals surface area contributed by atoms with Gasteiger partial charge < -0.3 is 29.9 Å². The van der Waals surface area contributed by atoms with Gasteiger partial charge in [0.05, 0.1) is 38.5 Å². The molecule has 3 saturated heterocycles. The van der Waals surface area contributed by atoms with Gasteiger partial charge in [0.1, 0.15) is 0 Å². The average Bonchev–Trinajstić information content (AvgIpc) is 3.18. The minimum atomic E-state index is -0.325. The van der Waals surface area contributed by atoms with Crippen molar-refractivity contribution in [2.24, 2.45) is 0 Å². The predicted octanol–water partition coefficient (Wildman–Crippen LogP) is 3.20. The van der Waals surface area contributed by atoms with Crippen LogP contribution in [-0.4, -0.2) is 77.6 Å². The first kappa shape index (κ1) is 25.1.